The van der Waals surface area contributed by atoms with Gasteiger partial charge in [0.15, 0.2) is 5.96 Å². The van der Waals surface area contributed by atoms with E-state index in [9.17, 15) is 0 Å². The van der Waals surface area contributed by atoms with Gasteiger partial charge in [0.25, 0.3) is 0 Å². The van der Waals surface area contributed by atoms with E-state index in [0.717, 1.165) is 37.8 Å². The summed E-state index contributed by atoms with van der Waals surface area (Å²) in [6, 6.07) is 0. The van der Waals surface area contributed by atoms with Crippen molar-refractivity contribution >= 4 is 5.96 Å². The molecule has 1 aliphatic heterocycles. The average Bonchev–Trinajstić information content (AvgIpc) is 2.88. The van der Waals surface area contributed by atoms with E-state index < -0.39 is 0 Å². The topological polar surface area (TPSA) is 57.5 Å². The highest BCUT2D eigenvalue weighted by Crippen LogP contribution is 2.09. The van der Waals surface area contributed by atoms with Crippen molar-refractivity contribution in [1.29, 1.82) is 0 Å². The van der Waals surface area contributed by atoms with Crippen LogP contribution in [0.4, 0.5) is 0 Å². The predicted octanol–water partition coefficient (Wildman–Crippen LogP) is 2.86. The normalized spacial score (nSPS) is 16.7. The van der Waals surface area contributed by atoms with Crippen LogP contribution in [-0.2, 0) is 13.1 Å². The van der Waals surface area contributed by atoms with E-state index in [1.54, 1.807) is 0 Å². The lowest BCUT2D eigenvalue weighted by Crippen LogP contribution is -2.39. The molecule has 6 heteroatoms. The van der Waals surface area contributed by atoms with Gasteiger partial charge >= 0.3 is 0 Å². The van der Waals surface area contributed by atoms with Crippen LogP contribution in [0.3, 0.4) is 0 Å². The fourth-order valence-electron chi connectivity index (χ4n) is 3.41. The maximum absolute atomic E-state index is 4.72. The minimum atomic E-state index is 0.609. The first-order valence-electron chi connectivity index (χ1n) is 10.4. The van der Waals surface area contributed by atoms with Crippen LogP contribution in [0.25, 0.3) is 0 Å². The second-order valence-corrected chi connectivity index (χ2v) is 7.62. The summed E-state index contributed by atoms with van der Waals surface area (Å²) in [5.74, 6) is 2.53. The van der Waals surface area contributed by atoms with Gasteiger partial charge in [0, 0.05) is 32.0 Å². The molecule has 0 aromatic carbocycles. The number of hydrogen-bond donors (Lipinski definition) is 2. The Bertz CT molecular complexity index is 514. The van der Waals surface area contributed by atoms with Crippen molar-refractivity contribution < 1.29 is 0 Å². The van der Waals surface area contributed by atoms with Crippen LogP contribution < -0.4 is 10.6 Å². The van der Waals surface area contributed by atoms with Crippen molar-refractivity contribution in [1.82, 2.24) is 25.1 Å². The summed E-state index contributed by atoms with van der Waals surface area (Å²) in [6.45, 7) is 13.7. The molecule has 26 heavy (non-hydrogen) atoms. The number of likely N-dealkylation sites (tertiary alicyclic amines) is 1. The van der Waals surface area contributed by atoms with Gasteiger partial charge in [0.1, 0.15) is 12.4 Å². The second-order valence-electron chi connectivity index (χ2n) is 7.62. The fourth-order valence-corrected chi connectivity index (χ4v) is 3.41. The number of hydrogen-bond acceptors (Lipinski definition) is 3. The molecule has 1 aromatic heterocycles. The molecule has 0 amide bonds. The number of guanidine groups is 1. The summed E-state index contributed by atoms with van der Waals surface area (Å²) in [5.41, 5.74) is 0. The van der Waals surface area contributed by atoms with Gasteiger partial charge in [-0.05, 0) is 51.7 Å². The van der Waals surface area contributed by atoms with Gasteiger partial charge in [-0.2, -0.15) is 0 Å². The lowest BCUT2D eigenvalue weighted by molar-refractivity contribution is 0.282. The largest absolute Gasteiger partial charge is 0.357 e. The van der Waals surface area contributed by atoms with Gasteiger partial charge in [-0.15, -0.1) is 0 Å². The van der Waals surface area contributed by atoms with Crippen LogP contribution in [0.2, 0.25) is 0 Å². The molecule has 0 saturated carbocycles. The summed E-state index contributed by atoms with van der Waals surface area (Å²) in [4.78, 5) is 11.8. The van der Waals surface area contributed by atoms with Gasteiger partial charge in [-0.25, -0.2) is 9.98 Å². The van der Waals surface area contributed by atoms with Gasteiger partial charge in [0.05, 0.1) is 0 Å². The zero-order chi connectivity index (χ0) is 18.6. The number of aromatic nitrogens is 2. The Balaban J connectivity index is 1.76. The molecule has 148 valence electrons. The Morgan fingerprint density at radius 2 is 1.96 bits per heavy atom. The highest BCUT2D eigenvalue weighted by molar-refractivity contribution is 5.79. The first-order chi connectivity index (χ1) is 12.7. The monoisotopic (exact) mass is 362 g/mol. The predicted molar refractivity (Wildman–Crippen MR) is 109 cm³/mol. The minimum Gasteiger partial charge on any atom is -0.357 e. The smallest absolute Gasteiger partial charge is 0.191 e. The molecule has 2 N–H and O–H groups in total. The van der Waals surface area contributed by atoms with Crippen molar-refractivity contribution in [2.75, 3.05) is 32.7 Å². The van der Waals surface area contributed by atoms with E-state index in [2.05, 4.69) is 45.9 Å². The molecule has 6 nitrogen and oxygen atoms in total. The molecule has 0 aliphatic carbocycles. The highest BCUT2D eigenvalue weighted by Gasteiger charge is 2.08. The van der Waals surface area contributed by atoms with Crippen molar-refractivity contribution in [2.24, 2.45) is 10.9 Å². The summed E-state index contributed by atoms with van der Waals surface area (Å²) in [7, 11) is 0. The van der Waals surface area contributed by atoms with Crippen LogP contribution in [0, 0.1) is 5.92 Å². The third-order valence-corrected chi connectivity index (χ3v) is 4.73. The summed E-state index contributed by atoms with van der Waals surface area (Å²) in [6.07, 6.45) is 10.6. The summed E-state index contributed by atoms with van der Waals surface area (Å²) < 4.78 is 2.21. The number of rotatable bonds is 9. The molecule has 1 saturated heterocycles. The highest BCUT2D eigenvalue weighted by atomic mass is 15.2. The quantitative estimate of drug-likeness (QED) is 0.403. The SMILES string of the molecule is CCNC(=NCc1nccn1CC(C)C)NCCCN1CCCCCC1. The fraction of sp³-hybridized carbons (Fsp3) is 0.800. The third kappa shape index (κ3) is 7.77. The van der Waals surface area contributed by atoms with E-state index in [4.69, 9.17) is 4.99 Å². The number of imidazole rings is 1. The molecule has 2 rings (SSSR count). The van der Waals surface area contributed by atoms with Crippen LogP contribution in [0.15, 0.2) is 17.4 Å². The third-order valence-electron chi connectivity index (χ3n) is 4.73. The van der Waals surface area contributed by atoms with Crippen molar-refractivity contribution in [2.45, 2.75) is 66.0 Å². The van der Waals surface area contributed by atoms with E-state index in [-0.39, 0.29) is 0 Å². The van der Waals surface area contributed by atoms with Crippen molar-refractivity contribution in [3.05, 3.63) is 18.2 Å². The van der Waals surface area contributed by atoms with E-state index in [0.29, 0.717) is 12.5 Å². The van der Waals surface area contributed by atoms with Crippen molar-refractivity contribution in [3.8, 4) is 0 Å². The summed E-state index contributed by atoms with van der Waals surface area (Å²) in [5, 5.41) is 6.82. The Morgan fingerprint density at radius 1 is 1.19 bits per heavy atom. The van der Waals surface area contributed by atoms with E-state index in [1.807, 2.05) is 12.4 Å². The number of aliphatic imine (C=N–C) groups is 1. The van der Waals surface area contributed by atoms with E-state index >= 15 is 0 Å². The molecule has 0 radical (unpaired) electrons. The lowest BCUT2D eigenvalue weighted by Gasteiger charge is -2.20. The first-order valence-corrected chi connectivity index (χ1v) is 10.4. The molecule has 0 spiro atoms. The van der Waals surface area contributed by atoms with Crippen LogP contribution in [-0.4, -0.2) is 53.1 Å². The second kappa shape index (κ2) is 11.9. The van der Waals surface area contributed by atoms with E-state index in [1.165, 1.54) is 45.3 Å². The number of nitrogens with zero attached hydrogens (tertiary/aromatic N) is 4. The van der Waals surface area contributed by atoms with Crippen LogP contribution >= 0.6 is 0 Å². The zero-order valence-electron chi connectivity index (χ0n) is 17.0. The molecule has 0 atom stereocenters. The average molecular weight is 363 g/mol. The summed E-state index contributed by atoms with van der Waals surface area (Å²) >= 11 is 0. The van der Waals surface area contributed by atoms with Crippen LogP contribution in [0.1, 0.15) is 58.7 Å². The maximum atomic E-state index is 4.72. The molecular weight excluding hydrogens is 324 g/mol. The molecule has 1 fully saturated rings. The molecule has 2 heterocycles. The van der Waals surface area contributed by atoms with Gasteiger partial charge in [-0.3, -0.25) is 0 Å². The van der Waals surface area contributed by atoms with Gasteiger partial charge in [0.2, 0.25) is 0 Å². The van der Waals surface area contributed by atoms with Gasteiger partial charge in [-0.1, -0.05) is 26.7 Å². The zero-order valence-corrected chi connectivity index (χ0v) is 17.0. The Hall–Kier alpha value is -1.56. The molecule has 1 aromatic rings. The molecule has 1 aliphatic rings. The molecular formula is C20H38N6. The Morgan fingerprint density at radius 3 is 2.65 bits per heavy atom. The first kappa shape index (κ1) is 20.7. The van der Waals surface area contributed by atoms with Crippen LogP contribution in [0.5, 0.6) is 0 Å². The maximum Gasteiger partial charge on any atom is 0.191 e. The molecule has 0 unspecified atom stereocenters. The number of nitrogens with one attached hydrogen (secondary N) is 2. The minimum absolute atomic E-state index is 0.609. The van der Waals surface area contributed by atoms with Crippen molar-refractivity contribution in [3.63, 3.8) is 0 Å². The van der Waals surface area contributed by atoms with Gasteiger partial charge < -0.3 is 20.1 Å². The standard InChI is InChI=1S/C20H38N6/c1-4-21-20(23-10-9-14-25-12-7-5-6-8-13-25)24-16-19-22-11-15-26(19)17-18(2)3/h11,15,18H,4-10,12-14,16-17H2,1-3H3,(H2,21,23,24). The lowest BCUT2D eigenvalue weighted by atomic mass is 10.2. The Labute approximate surface area is 159 Å². The Kier molecular flexibility index (Phi) is 9.53. The molecule has 0 bridgehead atoms.